The molecule has 1 fully saturated rings. The fourth-order valence-corrected chi connectivity index (χ4v) is 2.05. The summed E-state index contributed by atoms with van der Waals surface area (Å²) in [7, 11) is 3.26. The van der Waals surface area contributed by atoms with Crippen LogP contribution in [0, 0.1) is 0 Å². The average Bonchev–Trinajstić information content (AvgIpc) is 2.86. The third-order valence-corrected chi connectivity index (χ3v) is 3.15. The summed E-state index contributed by atoms with van der Waals surface area (Å²) in [5.41, 5.74) is 0. The van der Waals surface area contributed by atoms with Gasteiger partial charge in [0, 0.05) is 26.7 Å². The van der Waals surface area contributed by atoms with Crippen LogP contribution in [0.1, 0.15) is 12.8 Å². The van der Waals surface area contributed by atoms with Crippen molar-refractivity contribution >= 4 is 17.8 Å². The lowest BCUT2D eigenvalue weighted by Gasteiger charge is -2.23. The van der Waals surface area contributed by atoms with E-state index in [9.17, 15) is 9.59 Å². The molecule has 3 amide bonds. The number of urea groups is 1. The van der Waals surface area contributed by atoms with E-state index in [4.69, 9.17) is 0 Å². The Morgan fingerprint density at radius 3 is 3.00 bits per heavy atom. The van der Waals surface area contributed by atoms with Crippen LogP contribution in [-0.2, 0) is 11.3 Å². The number of hydrogen-bond acceptors (Lipinski definition) is 5. The molecule has 0 bridgehead atoms. The molecule has 2 rings (SSSR count). The third-order valence-electron chi connectivity index (χ3n) is 3.15. The van der Waals surface area contributed by atoms with Gasteiger partial charge in [0.25, 0.3) is 0 Å². The Kier molecular flexibility index (Phi) is 5.09. The van der Waals surface area contributed by atoms with Crippen molar-refractivity contribution in [3.63, 3.8) is 0 Å². The highest BCUT2D eigenvalue weighted by atomic mass is 16.2. The smallest absolute Gasteiger partial charge is 0.322 e. The molecular weight excluding hydrogens is 274 g/mol. The van der Waals surface area contributed by atoms with Gasteiger partial charge in [0.1, 0.15) is 6.54 Å². The molecule has 1 aliphatic rings. The monoisotopic (exact) mass is 295 g/mol. The SMILES string of the molecule is CN(C)C(=O)Nc1cn(CC(=O)NC2CCCNC2)nn1. The molecule has 9 nitrogen and oxygen atoms in total. The minimum atomic E-state index is -0.292. The third kappa shape index (κ3) is 4.71. The predicted molar refractivity (Wildman–Crippen MR) is 76.8 cm³/mol. The summed E-state index contributed by atoms with van der Waals surface area (Å²) in [6.07, 6.45) is 3.58. The standard InChI is InChI=1S/C12H21N7O2/c1-18(2)12(21)15-10-7-19(17-16-10)8-11(20)14-9-4-3-5-13-6-9/h7,9,13H,3-6,8H2,1-2H3,(H,14,20)(H,15,21). The first-order chi connectivity index (χ1) is 10.0. The van der Waals surface area contributed by atoms with Crippen LogP contribution in [0.4, 0.5) is 10.6 Å². The van der Waals surface area contributed by atoms with Gasteiger partial charge >= 0.3 is 6.03 Å². The van der Waals surface area contributed by atoms with Gasteiger partial charge in [-0.2, -0.15) is 0 Å². The second-order valence-electron chi connectivity index (χ2n) is 5.24. The molecule has 1 aliphatic heterocycles. The van der Waals surface area contributed by atoms with Gasteiger partial charge in [-0.25, -0.2) is 9.48 Å². The maximum Gasteiger partial charge on any atom is 0.322 e. The van der Waals surface area contributed by atoms with E-state index < -0.39 is 0 Å². The normalized spacial score (nSPS) is 18.1. The Labute approximate surface area is 123 Å². The zero-order valence-corrected chi connectivity index (χ0v) is 12.3. The van der Waals surface area contributed by atoms with Crippen LogP contribution >= 0.6 is 0 Å². The zero-order chi connectivity index (χ0) is 15.2. The number of carbonyl (C=O) groups is 2. The van der Waals surface area contributed by atoms with E-state index >= 15 is 0 Å². The molecule has 2 heterocycles. The molecule has 0 aromatic carbocycles. The van der Waals surface area contributed by atoms with Crippen molar-refractivity contribution in [2.45, 2.75) is 25.4 Å². The Hall–Kier alpha value is -2.16. The fraction of sp³-hybridized carbons (Fsp3) is 0.667. The van der Waals surface area contributed by atoms with Gasteiger partial charge in [0.15, 0.2) is 5.82 Å². The molecular formula is C12H21N7O2. The van der Waals surface area contributed by atoms with Gasteiger partial charge in [-0.15, -0.1) is 5.10 Å². The number of aromatic nitrogens is 3. The number of nitrogens with zero attached hydrogens (tertiary/aromatic N) is 4. The predicted octanol–water partition coefficient (Wildman–Crippen LogP) is -0.760. The van der Waals surface area contributed by atoms with Gasteiger partial charge in [-0.05, 0) is 19.4 Å². The summed E-state index contributed by atoms with van der Waals surface area (Å²) in [5.74, 6) is 0.208. The van der Waals surface area contributed by atoms with E-state index in [0.717, 1.165) is 25.9 Å². The second kappa shape index (κ2) is 7.02. The summed E-state index contributed by atoms with van der Waals surface area (Å²) in [4.78, 5) is 24.7. The lowest BCUT2D eigenvalue weighted by atomic mass is 10.1. The first-order valence-electron chi connectivity index (χ1n) is 6.93. The fourth-order valence-electron chi connectivity index (χ4n) is 2.05. The van der Waals surface area contributed by atoms with Crippen molar-refractivity contribution in [2.75, 3.05) is 32.5 Å². The molecule has 0 saturated carbocycles. The van der Waals surface area contributed by atoms with Crippen molar-refractivity contribution in [2.24, 2.45) is 0 Å². The lowest BCUT2D eigenvalue weighted by molar-refractivity contribution is -0.122. The molecule has 0 aliphatic carbocycles. The van der Waals surface area contributed by atoms with E-state index in [-0.39, 0.29) is 24.5 Å². The largest absolute Gasteiger partial charge is 0.350 e. The van der Waals surface area contributed by atoms with Crippen LogP contribution in [0.3, 0.4) is 0 Å². The molecule has 3 N–H and O–H groups in total. The van der Waals surface area contributed by atoms with Crippen LogP contribution in [0.5, 0.6) is 0 Å². The molecule has 0 radical (unpaired) electrons. The number of rotatable bonds is 4. The molecule has 1 aromatic heterocycles. The minimum Gasteiger partial charge on any atom is -0.350 e. The van der Waals surface area contributed by atoms with Gasteiger partial charge in [-0.1, -0.05) is 5.21 Å². The van der Waals surface area contributed by atoms with Gasteiger partial charge in [0.05, 0.1) is 6.20 Å². The van der Waals surface area contributed by atoms with Crippen LogP contribution in [-0.4, -0.2) is 65.1 Å². The molecule has 1 aromatic rings. The molecule has 1 atom stereocenters. The molecule has 1 unspecified atom stereocenters. The topological polar surface area (TPSA) is 104 Å². The number of hydrogen-bond donors (Lipinski definition) is 3. The number of anilines is 1. The molecule has 1 saturated heterocycles. The highest BCUT2D eigenvalue weighted by Crippen LogP contribution is 2.03. The summed E-state index contributed by atoms with van der Waals surface area (Å²) in [6, 6.07) is -0.123. The molecule has 21 heavy (non-hydrogen) atoms. The van der Waals surface area contributed by atoms with Crippen molar-refractivity contribution in [3.8, 4) is 0 Å². The summed E-state index contributed by atoms with van der Waals surface area (Å²) in [5, 5.41) is 16.4. The van der Waals surface area contributed by atoms with Crippen molar-refractivity contribution in [1.82, 2.24) is 30.5 Å². The number of amides is 3. The number of carbonyl (C=O) groups excluding carboxylic acids is 2. The van der Waals surface area contributed by atoms with E-state index in [1.807, 2.05) is 0 Å². The second-order valence-corrected chi connectivity index (χ2v) is 5.24. The van der Waals surface area contributed by atoms with Gasteiger partial charge in [-0.3, -0.25) is 10.1 Å². The zero-order valence-electron chi connectivity index (χ0n) is 12.3. The highest BCUT2D eigenvalue weighted by Gasteiger charge is 2.16. The molecule has 116 valence electrons. The average molecular weight is 295 g/mol. The molecule has 9 heteroatoms. The van der Waals surface area contributed by atoms with Crippen LogP contribution in [0.25, 0.3) is 0 Å². The highest BCUT2D eigenvalue weighted by molar-refractivity contribution is 5.87. The minimum absolute atomic E-state index is 0.0847. The first kappa shape index (κ1) is 15.2. The summed E-state index contributed by atoms with van der Waals surface area (Å²) in [6.45, 7) is 1.89. The maximum absolute atomic E-state index is 11.9. The first-order valence-corrected chi connectivity index (χ1v) is 6.93. The van der Waals surface area contributed by atoms with E-state index in [1.165, 1.54) is 15.8 Å². The van der Waals surface area contributed by atoms with Gasteiger partial charge in [0.2, 0.25) is 5.91 Å². The van der Waals surface area contributed by atoms with E-state index in [0.29, 0.717) is 5.82 Å². The van der Waals surface area contributed by atoms with E-state index in [2.05, 4.69) is 26.3 Å². The van der Waals surface area contributed by atoms with Crippen molar-refractivity contribution in [1.29, 1.82) is 0 Å². The van der Waals surface area contributed by atoms with Crippen LogP contribution in [0.2, 0.25) is 0 Å². The summed E-state index contributed by atoms with van der Waals surface area (Å²) < 4.78 is 1.40. The Morgan fingerprint density at radius 2 is 2.33 bits per heavy atom. The van der Waals surface area contributed by atoms with Gasteiger partial charge < -0.3 is 15.5 Å². The van der Waals surface area contributed by atoms with Crippen LogP contribution < -0.4 is 16.0 Å². The Bertz CT molecular complexity index is 494. The lowest BCUT2D eigenvalue weighted by Crippen LogP contribution is -2.46. The molecule has 0 spiro atoms. The number of nitrogens with one attached hydrogen (secondary N) is 3. The maximum atomic E-state index is 11.9. The Morgan fingerprint density at radius 1 is 1.52 bits per heavy atom. The van der Waals surface area contributed by atoms with E-state index in [1.54, 1.807) is 14.1 Å². The number of piperidine rings is 1. The quantitative estimate of drug-likeness (QED) is 0.677. The Balaban J connectivity index is 1.81. The summed E-state index contributed by atoms with van der Waals surface area (Å²) >= 11 is 0. The van der Waals surface area contributed by atoms with Crippen molar-refractivity contribution < 1.29 is 9.59 Å². The van der Waals surface area contributed by atoms with Crippen LogP contribution in [0.15, 0.2) is 6.20 Å². The van der Waals surface area contributed by atoms with Crippen molar-refractivity contribution in [3.05, 3.63) is 6.20 Å².